The molecule has 5 heteroatoms. The minimum absolute atomic E-state index is 0.0661. The van der Waals surface area contributed by atoms with E-state index in [1.807, 2.05) is 0 Å². The van der Waals surface area contributed by atoms with Crippen molar-refractivity contribution in [2.75, 3.05) is 13.7 Å². The van der Waals surface area contributed by atoms with Crippen molar-refractivity contribution >= 4 is 11.5 Å². The van der Waals surface area contributed by atoms with E-state index in [-0.39, 0.29) is 18.8 Å². The molecule has 1 aromatic carbocycles. The van der Waals surface area contributed by atoms with E-state index in [9.17, 15) is 4.79 Å². The molecule has 0 amide bonds. The second-order valence-electron chi connectivity index (χ2n) is 3.42. The van der Waals surface area contributed by atoms with Crippen molar-refractivity contribution < 1.29 is 19.5 Å². The summed E-state index contributed by atoms with van der Waals surface area (Å²) in [5, 5.41) is 11.7. The molecule has 0 unspecified atom stereocenters. The van der Waals surface area contributed by atoms with Crippen LogP contribution in [0.1, 0.15) is 16.8 Å². The standard InChI is InChI=1S/C11H11NO4/c1-15-8-2-3-11-9(5-8)10(13)4-7(12-14)6-16-11/h2-3,5,14H,4,6H2,1H3/b12-7+. The molecule has 1 heterocycles. The summed E-state index contributed by atoms with van der Waals surface area (Å²) in [4.78, 5) is 11.8. The minimum atomic E-state index is -0.140. The third-order valence-electron chi connectivity index (χ3n) is 2.39. The van der Waals surface area contributed by atoms with Gasteiger partial charge in [-0.2, -0.15) is 0 Å². The second-order valence-corrected chi connectivity index (χ2v) is 3.42. The Morgan fingerprint density at radius 1 is 1.50 bits per heavy atom. The second kappa shape index (κ2) is 4.22. The minimum Gasteiger partial charge on any atom is -0.497 e. The van der Waals surface area contributed by atoms with Crippen LogP contribution in [-0.4, -0.2) is 30.4 Å². The summed E-state index contributed by atoms with van der Waals surface area (Å²) in [6, 6.07) is 5.01. The number of hydrogen-bond donors (Lipinski definition) is 1. The van der Waals surface area contributed by atoms with Crippen LogP contribution in [0.4, 0.5) is 0 Å². The van der Waals surface area contributed by atoms with Crippen LogP contribution in [-0.2, 0) is 0 Å². The number of carbonyl (C=O) groups is 1. The van der Waals surface area contributed by atoms with Crippen LogP contribution >= 0.6 is 0 Å². The SMILES string of the molecule is COc1ccc2c(c1)C(=O)C/C(=N\O)CO2. The lowest BCUT2D eigenvalue weighted by Crippen LogP contribution is -2.11. The molecule has 5 nitrogen and oxygen atoms in total. The number of Topliss-reactive ketones (excluding diaryl/α,β-unsaturated/α-hetero) is 1. The van der Waals surface area contributed by atoms with Crippen molar-refractivity contribution in [3.63, 3.8) is 0 Å². The first-order valence-electron chi connectivity index (χ1n) is 4.78. The van der Waals surface area contributed by atoms with Crippen molar-refractivity contribution in [2.45, 2.75) is 6.42 Å². The Labute approximate surface area is 92.3 Å². The average molecular weight is 221 g/mol. The molecule has 84 valence electrons. The smallest absolute Gasteiger partial charge is 0.172 e. The number of fused-ring (bicyclic) bond motifs is 1. The Hall–Kier alpha value is -2.04. The van der Waals surface area contributed by atoms with Crippen LogP contribution in [0, 0.1) is 0 Å². The normalized spacial score (nSPS) is 17.6. The summed E-state index contributed by atoms with van der Waals surface area (Å²) in [6.07, 6.45) is 0.0661. The topological polar surface area (TPSA) is 68.1 Å². The molecule has 1 aromatic rings. The average Bonchev–Trinajstić information content (AvgIpc) is 2.48. The molecule has 1 N–H and O–H groups in total. The number of carbonyl (C=O) groups excluding carboxylic acids is 1. The van der Waals surface area contributed by atoms with Crippen molar-refractivity contribution in [1.82, 2.24) is 0 Å². The third-order valence-corrected chi connectivity index (χ3v) is 2.39. The number of benzene rings is 1. The molecule has 1 aliphatic heterocycles. The van der Waals surface area contributed by atoms with E-state index in [1.165, 1.54) is 7.11 Å². The number of methoxy groups -OCH3 is 1. The maximum absolute atomic E-state index is 11.8. The van der Waals surface area contributed by atoms with E-state index < -0.39 is 0 Å². The highest BCUT2D eigenvalue weighted by molar-refractivity contribution is 6.12. The quantitative estimate of drug-likeness (QED) is 0.576. The lowest BCUT2D eigenvalue weighted by molar-refractivity contribution is 0.0999. The molecule has 0 saturated carbocycles. The molecule has 0 spiro atoms. The summed E-state index contributed by atoms with van der Waals surface area (Å²) in [5.74, 6) is 0.948. The summed E-state index contributed by atoms with van der Waals surface area (Å²) in [7, 11) is 1.53. The number of ether oxygens (including phenoxy) is 2. The van der Waals surface area contributed by atoms with Gasteiger partial charge in [-0.15, -0.1) is 0 Å². The van der Waals surface area contributed by atoms with Crippen molar-refractivity contribution in [1.29, 1.82) is 0 Å². The number of hydrogen-bond acceptors (Lipinski definition) is 5. The summed E-state index contributed by atoms with van der Waals surface area (Å²) >= 11 is 0. The lowest BCUT2D eigenvalue weighted by Gasteiger charge is -2.07. The van der Waals surface area contributed by atoms with Crippen LogP contribution in [0.2, 0.25) is 0 Å². The molecular formula is C11H11NO4. The predicted octanol–water partition coefficient (Wildman–Crippen LogP) is 1.49. The van der Waals surface area contributed by atoms with Gasteiger partial charge in [0.25, 0.3) is 0 Å². The van der Waals surface area contributed by atoms with Gasteiger partial charge >= 0.3 is 0 Å². The highest BCUT2D eigenvalue weighted by atomic mass is 16.5. The first-order chi connectivity index (χ1) is 7.74. The van der Waals surface area contributed by atoms with Crippen LogP contribution in [0.5, 0.6) is 11.5 Å². The molecule has 2 rings (SSSR count). The first-order valence-corrected chi connectivity index (χ1v) is 4.78. The Bertz CT molecular complexity index is 453. The molecule has 16 heavy (non-hydrogen) atoms. The van der Waals surface area contributed by atoms with Crippen LogP contribution in [0.3, 0.4) is 0 Å². The van der Waals surface area contributed by atoms with Crippen LogP contribution < -0.4 is 9.47 Å². The Morgan fingerprint density at radius 3 is 3.00 bits per heavy atom. The molecule has 0 aromatic heterocycles. The first kappa shape index (κ1) is 10.5. The van der Waals surface area contributed by atoms with E-state index in [0.717, 1.165) is 0 Å². The molecule has 0 bridgehead atoms. The number of oxime groups is 1. The zero-order valence-corrected chi connectivity index (χ0v) is 8.77. The molecular weight excluding hydrogens is 210 g/mol. The van der Waals surface area contributed by atoms with Crippen LogP contribution in [0.15, 0.2) is 23.4 Å². The Morgan fingerprint density at radius 2 is 2.31 bits per heavy atom. The predicted molar refractivity (Wildman–Crippen MR) is 56.7 cm³/mol. The maximum Gasteiger partial charge on any atom is 0.172 e. The number of rotatable bonds is 1. The van der Waals surface area contributed by atoms with Gasteiger partial charge < -0.3 is 14.7 Å². The molecule has 0 radical (unpaired) electrons. The van der Waals surface area contributed by atoms with E-state index in [2.05, 4.69) is 5.16 Å². The van der Waals surface area contributed by atoms with Crippen molar-refractivity contribution in [3.05, 3.63) is 23.8 Å². The van der Waals surface area contributed by atoms with Gasteiger partial charge in [0.1, 0.15) is 23.8 Å². The third kappa shape index (κ3) is 1.84. The molecule has 0 fully saturated rings. The zero-order chi connectivity index (χ0) is 11.5. The number of nitrogens with zero attached hydrogens (tertiary/aromatic N) is 1. The molecule has 0 atom stereocenters. The van der Waals surface area contributed by atoms with Gasteiger partial charge in [-0.3, -0.25) is 4.79 Å². The van der Waals surface area contributed by atoms with Crippen molar-refractivity contribution in [3.8, 4) is 11.5 Å². The van der Waals surface area contributed by atoms with E-state index in [4.69, 9.17) is 14.7 Å². The number of ketones is 1. The highest BCUT2D eigenvalue weighted by Gasteiger charge is 2.21. The Kier molecular flexibility index (Phi) is 2.76. The maximum atomic E-state index is 11.8. The van der Waals surface area contributed by atoms with Gasteiger partial charge in [0.2, 0.25) is 0 Å². The van der Waals surface area contributed by atoms with Gasteiger partial charge in [-0.25, -0.2) is 0 Å². The molecule has 0 saturated heterocycles. The molecule has 1 aliphatic rings. The van der Waals surface area contributed by atoms with Crippen LogP contribution in [0.25, 0.3) is 0 Å². The van der Waals surface area contributed by atoms with E-state index >= 15 is 0 Å². The van der Waals surface area contributed by atoms with Gasteiger partial charge in [-0.1, -0.05) is 5.16 Å². The molecule has 0 aliphatic carbocycles. The van der Waals surface area contributed by atoms with Gasteiger partial charge in [0.15, 0.2) is 5.78 Å². The van der Waals surface area contributed by atoms with Gasteiger partial charge in [-0.05, 0) is 18.2 Å². The lowest BCUT2D eigenvalue weighted by atomic mass is 10.1. The van der Waals surface area contributed by atoms with E-state index in [1.54, 1.807) is 18.2 Å². The fraction of sp³-hybridized carbons (Fsp3) is 0.273. The largest absolute Gasteiger partial charge is 0.497 e. The zero-order valence-electron chi connectivity index (χ0n) is 8.77. The van der Waals surface area contributed by atoms with Crippen molar-refractivity contribution in [2.24, 2.45) is 5.16 Å². The summed E-state index contributed by atoms with van der Waals surface area (Å²) in [5.41, 5.74) is 0.776. The highest BCUT2D eigenvalue weighted by Crippen LogP contribution is 2.27. The van der Waals surface area contributed by atoms with Gasteiger partial charge in [0.05, 0.1) is 19.1 Å². The summed E-state index contributed by atoms with van der Waals surface area (Å²) in [6.45, 7) is 0.127. The van der Waals surface area contributed by atoms with Gasteiger partial charge in [0, 0.05) is 0 Å². The fourth-order valence-electron chi connectivity index (χ4n) is 1.54. The fourth-order valence-corrected chi connectivity index (χ4v) is 1.54. The Balaban J connectivity index is 2.41. The monoisotopic (exact) mass is 221 g/mol. The summed E-state index contributed by atoms with van der Waals surface area (Å²) < 4.78 is 10.4. The van der Waals surface area contributed by atoms with E-state index in [0.29, 0.717) is 22.8 Å².